The lowest BCUT2D eigenvalue weighted by atomic mass is 10.3. The second kappa shape index (κ2) is 5.59. The van der Waals surface area contributed by atoms with Crippen molar-refractivity contribution in [2.45, 2.75) is 26.3 Å². The smallest absolute Gasteiger partial charge is 0.279 e. The summed E-state index contributed by atoms with van der Waals surface area (Å²) in [6, 6.07) is 5.70. The van der Waals surface area contributed by atoms with Gasteiger partial charge in [-0.2, -0.15) is 0 Å². The van der Waals surface area contributed by atoms with Gasteiger partial charge < -0.3 is 0 Å². The minimum absolute atomic E-state index is 0.0351. The predicted octanol–water partition coefficient (Wildman–Crippen LogP) is 1.59. The van der Waals surface area contributed by atoms with E-state index < -0.39 is 11.4 Å². The number of fused-ring (bicyclic) bond motifs is 1. The Morgan fingerprint density at radius 2 is 2.05 bits per heavy atom. The quantitative estimate of drug-likeness (QED) is 0.735. The molecule has 0 unspecified atom stereocenters. The van der Waals surface area contributed by atoms with Gasteiger partial charge in [-0.1, -0.05) is 19.4 Å². The van der Waals surface area contributed by atoms with Gasteiger partial charge in [0.2, 0.25) is 5.65 Å². The van der Waals surface area contributed by atoms with Crippen molar-refractivity contribution in [3.8, 4) is 5.69 Å². The van der Waals surface area contributed by atoms with Gasteiger partial charge >= 0.3 is 11.2 Å². The monoisotopic (exact) mass is 302 g/mol. The molecule has 0 bridgehead atoms. The molecule has 0 aliphatic carbocycles. The van der Waals surface area contributed by atoms with Crippen molar-refractivity contribution >= 4 is 5.65 Å². The van der Waals surface area contributed by atoms with E-state index in [1.165, 1.54) is 44.2 Å². The van der Waals surface area contributed by atoms with E-state index in [0.29, 0.717) is 12.2 Å². The number of nitrogens with zero attached hydrogens (tertiary/aromatic N) is 4. The largest absolute Gasteiger partial charge is 0.350 e. The van der Waals surface area contributed by atoms with E-state index in [2.05, 4.69) is 5.10 Å². The van der Waals surface area contributed by atoms with Gasteiger partial charge in [-0.25, -0.2) is 18.3 Å². The van der Waals surface area contributed by atoms with Crippen LogP contribution >= 0.6 is 0 Å². The van der Waals surface area contributed by atoms with Gasteiger partial charge in [-0.05, 0) is 24.6 Å². The summed E-state index contributed by atoms with van der Waals surface area (Å²) in [4.78, 5) is 24.6. The molecular weight excluding hydrogens is 287 g/mol. The Hall–Kier alpha value is -2.70. The molecule has 6 nitrogen and oxygen atoms in total. The lowest BCUT2D eigenvalue weighted by molar-refractivity contribution is 0.554. The molecule has 0 fully saturated rings. The highest BCUT2D eigenvalue weighted by atomic mass is 19.1. The van der Waals surface area contributed by atoms with Crippen LogP contribution in [-0.2, 0) is 6.54 Å². The van der Waals surface area contributed by atoms with Crippen molar-refractivity contribution in [1.82, 2.24) is 18.7 Å². The fourth-order valence-electron chi connectivity index (χ4n) is 2.29. The number of aryl methyl sites for hydroxylation is 1. The van der Waals surface area contributed by atoms with E-state index in [1.54, 1.807) is 6.07 Å². The lowest BCUT2D eigenvalue weighted by Gasteiger charge is -2.04. The number of unbranched alkanes of at least 4 members (excludes halogenated alkanes) is 1. The Labute approximate surface area is 125 Å². The van der Waals surface area contributed by atoms with Crippen LogP contribution in [0.3, 0.4) is 0 Å². The third kappa shape index (κ3) is 2.34. The fourth-order valence-corrected chi connectivity index (χ4v) is 2.29. The molecule has 0 amide bonds. The van der Waals surface area contributed by atoms with E-state index >= 15 is 0 Å². The standard InChI is InChI=1S/C15H15FN4O2/c1-2-3-7-20-15(22)19-9-8-18(14(21)13(19)17-20)12-6-4-5-11(16)10-12/h4-6,8-10H,2-3,7H2,1H3. The second-order valence-corrected chi connectivity index (χ2v) is 5.01. The molecule has 0 saturated carbocycles. The van der Waals surface area contributed by atoms with Crippen LogP contribution in [0, 0.1) is 5.82 Å². The van der Waals surface area contributed by atoms with Gasteiger partial charge in [0.25, 0.3) is 0 Å². The Kier molecular flexibility index (Phi) is 3.62. The minimum Gasteiger partial charge on any atom is -0.279 e. The van der Waals surface area contributed by atoms with Crippen LogP contribution in [0.5, 0.6) is 0 Å². The summed E-state index contributed by atoms with van der Waals surface area (Å²) in [7, 11) is 0. The summed E-state index contributed by atoms with van der Waals surface area (Å²) in [5, 5.41) is 4.10. The van der Waals surface area contributed by atoms with E-state index in [9.17, 15) is 14.0 Å². The topological polar surface area (TPSA) is 61.3 Å². The molecule has 114 valence electrons. The van der Waals surface area contributed by atoms with Crippen LogP contribution in [0.4, 0.5) is 4.39 Å². The number of rotatable bonds is 4. The maximum absolute atomic E-state index is 13.3. The van der Waals surface area contributed by atoms with Gasteiger partial charge in [0.05, 0.1) is 5.69 Å². The molecule has 0 aliphatic rings. The molecule has 0 atom stereocenters. The average molecular weight is 302 g/mol. The third-order valence-electron chi connectivity index (χ3n) is 3.46. The summed E-state index contributed by atoms with van der Waals surface area (Å²) in [6.45, 7) is 2.48. The van der Waals surface area contributed by atoms with E-state index in [1.807, 2.05) is 6.92 Å². The zero-order valence-electron chi connectivity index (χ0n) is 12.1. The molecule has 0 radical (unpaired) electrons. The van der Waals surface area contributed by atoms with Crippen LogP contribution < -0.4 is 11.2 Å². The molecule has 2 heterocycles. The van der Waals surface area contributed by atoms with Crippen LogP contribution in [0.1, 0.15) is 19.8 Å². The second-order valence-electron chi connectivity index (χ2n) is 5.01. The molecule has 22 heavy (non-hydrogen) atoms. The summed E-state index contributed by atoms with van der Waals surface area (Å²) < 4.78 is 17.1. The van der Waals surface area contributed by atoms with Crippen LogP contribution in [0.25, 0.3) is 11.3 Å². The summed E-state index contributed by atoms with van der Waals surface area (Å²) in [5.41, 5.74) is -0.372. The Morgan fingerprint density at radius 3 is 2.77 bits per heavy atom. The van der Waals surface area contributed by atoms with Gasteiger partial charge in [0.1, 0.15) is 5.82 Å². The third-order valence-corrected chi connectivity index (χ3v) is 3.46. The van der Waals surface area contributed by atoms with Crippen LogP contribution in [0.2, 0.25) is 0 Å². The number of benzene rings is 1. The first-order valence-electron chi connectivity index (χ1n) is 7.08. The molecule has 2 aromatic heterocycles. The first-order valence-corrected chi connectivity index (χ1v) is 7.08. The van der Waals surface area contributed by atoms with Crippen molar-refractivity contribution in [3.63, 3.8) is 0 Å². The fraction of sp³-hybridized carbons (Fsp3) is 0.267. The molecule has 3 rings (SSSR count). The number of hydrogen-bond acceptors (Lipinski definition) is 3. The molecule has 0 saturated heterocycles. The molecular formula is C15H15FN4O2. The predicted molar refractivity (Wildman–Crippen MR) is 79.9 cm³/mol. The van der Waals surface area contributed by atoms with Crippen molar-refractivity contribution in [1.29, 1.82) is 0 Å². The van der Waals surface area contributed by atoms with Crippen molar-refractivity contribution in [2.24, 2.45) is 0 Å². The molecule has 1 aromatic carbocycles. The Balaban J connectivity index is 2.18. The molecule has 0 aliphatic heterocycles. The SMILES string of the molecule is CCCCn1nc2c(=O)n(-c3cccc(F)c3)ccn2c1=O. The van der Waals surface area contributed by atoms with Gasteiger partial charge in [-0.15, -0.1) is 5.10 Å². The maximum atomic E-state index is 13.3. The summed E-state index contributed by atoms with van der Waals surface area (Å²) in [5.74, 6) is -0.435. The summed E-state index contributed by atoms with van der Waals surface area (Å²) in [6.07, 6.45) is 4.65. The van der Waals surface area contributed by atoms with Gasteiger partial charge in [0.15, 0.2) is 0 Å². The highest BCUT2D eigenvalue weighted by Gasteiger charge is 2.12. The highest BCUT2D eigenvalue weighted by molar-refractivity contribution is 5.39. The molecule has 7 heteroatoms. The molecule has 3 aromatic rings. The Morgan fingerprint density at radius 1 is 1.23 bits per heavy atom. The van der Waals surface area contributed by atoms with Crippen LogP contribution in [0.15, 0.2) is 46.2 Å². The van der Waals surface area contributed by atoms with Gasteiger partial charge in [0, 0.05) is 18.9 Å². The normalized spacial score (nSPS) is 11.2. The average Bonchev–Trinajstić information content (AvgIpc) is 2.83. The maximum Gasteiger partial charge on any atom is 0.350 e. The van der Waals surface area contributed by atoms with Gasteiger partial charge in [-0.3, -0.25) is 9.36 Å². The number of hydrogen-bond donors (Lipinski definition) is 0. The molecule has 0 N–H and O–H groups in total. The zero-order chi connectivity index (χ0) is 15.7. The van der Waals surface area contributed by atoms with Crippen molar-refractivity contribution in [3.05, 3.63) is 63.3 Å². The summed E-state index contributed by atoms with van der Waals surface area (Å²) >= 11 is 0. The highest BCUT2D eigenvalue weighted by Crippen LogP contribution is 2.07. The van der Waals surface area contributed by atoms with Crippen molar-refractivity contribution in [2.75, 3.05) is 0 Å². The van der Waals surface area contributed by atoms with Crippen LogP contribution in [-0.4, -0.2) is 18.7 Å². The first kappa shape index (κ1) is 14.2. The van der Waals surface area contributed by atoms with E-state index in [0.717, 1.165) is 12.8 Å². The number of aromatic nitrogens is 4. The lowest BCUT2D eigenvalue weighted by Crippen LogP contribution is -2.24. The number of halogens is 1. The van der Waals surface area contributed by atoms with Crippen molar-refractivity contribution < 1.29 is 4.39 Å². The first-order chi connectivity index (χ1) is 10.6. The molecule has 0 spiro atoms. The van der Waals surface area contributed by atoms with E-state index in [-0.39, 0.29) is 11.3 Å². The minimum atomic E-state index is -0.458. The zero-order valence-corrected chi connectivity index (χ0v) is 12.1. The Bertz CT molecular complexity index is 939. The van der Waals surface area contributed by atoms with E-state index in [4.69, 9.17) is 0 Å².